The predicted molar refractivity (Wildman–Crippen MR) is 82.4 cm³/mol. The molecule has 3 aromatic rings. The molecule has 122 valence electrons. The first kappa shape index (κ1) is 15.4. The summed E-state index contributed by atoms with van der Waals surface area (Å²) >= 11 is 0. The van der Waals surface area contributed by atoms with Crippen molar-refractivity contribution in [2.75, 3.05) is 7.11 Å². The molecule has 1 aromatic carbocycles. The van der Waals surface area contributed by atoms with Gasteiger partial charge in [0.05, 0.1) is 7.11 Å². The summed E-state index contributed by atoms with van der Waals surface area (Å²) in [5.74, 6) is -0.797. The zero-order chi connectivity index (χ0) is 17.4. The Hall–Kier alpha value is -3.49. The molecule has 0 saturated heterocycles. The second-order valence-corrected chi connectivity index (χ2v) is 4.91. The number of benzene rings is 1. The highest BCUT2D eigenvalue weighted by Crippen LogP contribution is 2.22. The Balaban J connectivity index is 2.20. The fourth-order valence-corrected chi connectivity index (χ4v) is 2.31. The zero-order valence-electron chi connectivity index (χ0n) is 12.7. The summed E-state index contributed by atoms with van der Waals surface area (Å²) in [4.78, 5) is 38.7. The van der Waals surface area contributed by atoms with Crippen LogP contribution in [0.2, 0.25) is 0 Å². The van der Waals surface area contributed by atoms with Crippen molar-refractivity contribution >= 4 is 22.7 Å². The Morgan fingerprint density at radius 1 is 1.38 bits per heavy atom. The number of carbonyl (C=O) groups is 1. The van der Waals surface area contributed by atoms with E-state index >= 15 is 0 Å². The fraction of sp³-hybridized carbons (Fsp3) is 0.133. The maximum atomic E-state index is 12.6. The minimum absolute atomic E-state index is 0.0943. The number of carbonyl (C=O) groups excluding carboxylic acids is 1. The molecule has 0 saturated carbocycles. The first-order valence-corrected chi connectivity index (χ1v) is 6.77. The number of nitro groups is 1. The third-order valence-corrected chi connectivity index (χ3v) is 3.48. The predicted octanol–water partition coefficient (Wildman–Crippen LogP) is 1.90. The molecule has 9 heteroatoms. The normalized spacial score (nSPS) is 10.8. The summed E-state index contributed by atoms with van der Waals surface area (Å²) < 4.78 is 11.0. The average Bonchev–Trinajstić information content (AvgIpc) is 2.95. The number of aromatic nitrogens is 2. The number of rotatable bonds is 3. The second kappa shape index (κ2) is 5.61. The van der Waals surface area contributed by atoms with Crippen LogP contribution in [0.1, 0.15) is 16.2 Å². The van der Waals surface area contributed by atoms with E-state index in [2.05, 4.69) is 4.98 Å². The van der Waals surface area contributed by atoms with Gasteiger partial charge in [-0.05, 0) is 29.2 Å². The average molecular weight is 329 g/mol. The minimum atomic E-state index is -0.889. The molecule has 0 fully saturated rings. The van der Waals surface area contributed by atoms with Gasteiger partial charge in [-0.25, -0.2) is 14.6 Å². The zero-order valence-corrected chi connectivity index (χ0v) is 12.7. The van der Waals surface area contributed by atoms with E-state index in [0.29, 0.717) is 11.1 Å². The van der Waals surface area contributed by atoms with E-state index in [0.717, 1.165) is 10.8 Å². The van der Waals surface area contributed by atoms with Crippen LogP contribution >= 0.6 is 0 Å². The maximum absolute atomic E-state index is 12.6. The standard InChI is InChI=1S/C15H11N3O6/c1-8-16-7-13(18(21)22)17(8)14(19)11-6-9-5-10(23-2)3-4-12(9)24-15(11)20/h3-7H,1-2H3. The third kappa shape index (κ3) is 2.41. The monoisotopic (exact) mass is 329 g/mol. The molecule has 0 bridgehead atoms. The maximum Gasteiger partial charge on any atom is 0.354 e. The Morgan fingerprint density at radius 3 is 2.79 bits per heavy atom. The number of imidazole rings is 1. The van der Waals surface area contributed by atoms with Crippen LogP contribution in [0.15, 0.2) is 39.7 Å². The Bertz CT molecular complexity index is 1030. The van der Waals surface area contributed by atoms with Gasteiger partial charge in [0, 0.05) is 12.3 Å². The van der Waals surface area contributed by atoms with Gasteiger partial charge in [-0.15, -0.1) is 4.57 Å². The lowest BCUT2D eigenvalue weighted by molar-refractivity contribution is -0.390. The number of ether oxygens (including phenoxy) is 1. The van der Waals surface area contributed by atoms with Gasteiger partial charge in [-0.3, -0.25) is 0 Å². The van der Waals surface area contributed by atoms with E-state index in [4.69, 9.17) is 9.15 Å². The summed E-state index contributed by atoms with van der Waals surface area (Å²) in [5, 5.41) is 11.5. The van der Waals surface area contributed by atoms with Gasteiger partial charge >= 0.3 is 17.4 Å². The van der Waals surface area contributed by atoms with Crippen LogP contribution in [0.4, 0.5) is 5.82 Å². The molecule has 0 N–H and O–H groups in total. The molecule has 3 rings (SSSR count). The Labute approximate surface area is 134 Å². The molecular formula is C15H11N3O6. The van der Waals surface area contributed by atoms with E-state index in [1.54, 1.807) is 12.1 Å². The number of hydrogen-bond acceptors (Lipinski definition) is 7. The van der Waals surface area contributed by atoms with Crippen LogP contribution < -0.4 is 10.4 Å². The largest absolute Gasteiger partial charge is 0.497 e. The molecule has 0 aliphatic heterocycles. The third-order valence-electron chi connectivity index (χ3n) is 3.48. The first-order chi connectivity index (χ1) is 11.4. The van der Waals surface area contributed by atoms with Gasteiger partial charge < -0.3 is 19.3 Å². The van der Waals surface area contributed by atoms with Crippen molar-refractivity contribution in [2.24, 2.45) is 0 Å². The lowest BCUT2D eigenvalue weighted by atomic mass is 10.1. The second-order valence-electron chi connectivity index (χ2n) is 4.91. The van der Waals surface area contributed by atoms with Crippen LogP contribution in [0.25, 0.3) is 11.0 Å². The van der Waals surface area contributed by atoms with Crippen molar-refractivity contribution in [3.05, 3.63) is 62.4 Å². The van der Waals surface area contributed by atoms with Crippen molar-refractivity contribution in [1.82, 2.24) is 9.55 Å². The molecule has 0 radical (unpaired) electrons. The highest BCUT2D eigenvalue weighted by atomic mass is 16.6. The molecule has 24 heavy (non-hydrogen) atoms. The van der Waals surface area contributed by atoms with Crippen LogP contribution in [0.5, 0.6) is 5.75 Å². The van der Waals surface area contributed by atoms with Gasteiger partial charge in [0.2, 0.25) is 5.82 Å². The fourth-order valence-electron chi connectivity index (χ4n) is 2.31. The van der Waals surface area contributed by atoms with Gasteiger partial charge in [0.25, 0.3) is 0 Å². The number of nitrogens with zero attached hydrogens (tertiary/aromatic N) is 3. The van der Waals surface area contributed by atoms with Gasteiger partial charge in [-0.1, -0.05) is 0 Å². The molecule has 2 aromatic heterocycles. The Kier molecular flexibility index (Phi) is 3.60. The lowest BCUT2D eigenvalue weighted by Gasteiger charge is -2.04. The SMILES string of the molecule is COc1ccc2oc(=O)c(C(=O)n3c([N+](=O)[O-])cnc3C)cc2c1. The van der Waals surface area contributed by atoms with E-state index < -0.39 is 22.3 Å². The van der Waals surface area contributed by atoms with Gasteiger partial charge in [0.1, 0.15) is 17.5 Å². The molecule has 9 nitrogen and oxygen atoms in total. The lowest BCUT2D eigenvalue weighted by Crippen LogP contribution is -2.22. The highest BCUT2D eigenvalue weighted by molar-refractivity contribution is 5.99. The smallest absolute Gasteiger partial charge is 0.354 e. The van der Waals surface area contributed by atoms with E-state index in [-0.39, 0.29) is 17.0 Å². The molecule has 0 unspecified atom stereocenters. The quantitative estimate of drug-likeness (QED) is 0.409. The van der Waals surface area contributed by atoms with E-state index in [1.807, 2.05) is 0 Å². The minimum Gasteiger partial charge on any atom is -0.497 e. The van der Waals surface area contributed by atoms with Crippen molar-refractivity contribution in [3.8, 4) is 5.75 Å². The summed E-state index contributed by atoms with van der Waals surface area (Å²) in [7, 11) is 1.48. The number of aryl methyl sites for hydroxylation is 1. The van der Waals surface area contributed by atoms with Crippen LogP contribution in [-0.2, 0) is 0 Å². The molecule has 0 aliphatic rings. The summed E-state index contributed by atoms with van der Waals surface area (Å²) in [6.45, 7) is 1.43. The van der Waals surface area contributed by atoms with Crippen molar-refractivity contribution in [2.45, 2.75) is 6.92 Å². The highest BCUT2D eigenvalue weighted by Gasteiger charge is 2.28. The molecule has 2 heterocycles. The van der Waals surface area contributed by atoms with Gasteiger partial charge in [-0.2, -0.15) is 0 Å². The first-order valence-electron chi connectivity index (χ1n) is 6.77. The van der Waals surface area contributed by atoms with Crippen LogP contribution in [-0.4, -0.2) is 27.5 Å². The summed E-state index contributed by atoms with van der Waals surface area (Å²) in [6, 6.07) is 6.05. The molecule has 0 amide bonds. The number of methoxy groups -OCH3 is 1. The summed E-state index contributed by atoms with van der Waals surface area (Å²) in [6.07, 6.45) is 0.957. The molecular weight excluding hydrogens is 318 g/mol. The molecule has 0 aliphatic carbocycles. The number of fused-ring (bicyclic) bond motifs is 1. The molecule has 0 spiro atoms. The van der Waals surface area contributed by atoms with E-state index in [9.17, 15) is 19.7 Å². The van der Waals surface area contributed by atoms with E-state index in [1.165, 1.54) is 26.2 Å². The van der Waals surface area contributed by atoms with Crippen LogP contribution in [0, 0.1) is 17.0 Å². The van der Waals surface area contributed by atoms with Crippen LogP contribution in [0.3, 0.4) is 0 Å². The van der Waals surface area contributed by atoms with Crippen molar-refractivity contribution in [1.29, 1.82) is 0 Å². The number of hydrogen-bond donors (Lipinski definition) is 0. The Morgan fingerprint density at radius 2 is 2.12 bits per heavy atom. The van der Waals surface area contributed by atoms with Gasteiger partial charge in [0.15, 0.2) is 5.56 Å². The summed E-state index contributed by atoms with van der Waals surface area (Å²) in [5.41, 5.74) is -0.950. The topological polar surface area (TPSA) is 117 Å². The molecule has 0 atom stereocenters. The van der Waals surface area contributed by atoms with Crippen molar-refractivity contribution in [3.63, 3.8) is 0 Å². The van der Waals surface area contributed by atoms with Crippen molar-refractivity contribution < 1.29 is 18.9 Å².